The quantitative estimate of drug-likeness (QED) is 0.616. The van der Waals surface area contributed by atoms with E-state index < -0.39 is 0 Å². The van der Waals surface area contributed by atoms with Crippen molar-refractivity contribution in [1.82, 2.24) is 9.80 Å². The van der Waals surface area contributed by atoms with Crippen molar-refractivity contribution in [3.8, 4) is 11.8 Å². The third kappa shape index (κ3) is 5.20. The molecule has 0 radical (unpaired) electrons. The number of amides is 1. The second-order valence-corrected chi connectivity index (χ2v) is 5.75. The molecule has 3 nitrogen and oxygen atoms in total. The molecular formula is C19H26N2O. The molecule has 0 N–H and O–H groups in total. The lowest BCUT2D eigenvalue weighted by Gasteiger charge is -2.33. The smallest absolute Gasteiger partial charge is 0.253 e. The van der Waals surface area contributed by atoms with Crippen molar-refractivity contribution >= 4 is 5.91 Å². The van der Waals surface area contributed by atoms with Crippen LogP contribution in [0.4, 0.5) is 0 Å². The highest BCUT2D eigenvalue weighted by molar-refractivity contribution is 5.94. The first kappa shape index (κ1) is 16.6. The van der Waals surface area contributed by atoms with Crippen molar-refractivity contribution in [1.29, 1.82) is 0 Å². The molecule has 0 spiro atoms. The van der Waals surface area contributed by atoms with E-state index in [1.54, 1.807) is 0 Å². The molecule has 2 rings (SSSR count). The van der Waals surface area contributed by atoms with Crippen LogP contribution in [0.3, 0.4) is 0 Å². The Morgan fingerprint density at radius 2 is 1.77 bits per heavy atom. The van der Waals surface area contributed by atoms with E-state index in [4.69, 9.17) is 0 Å². The van der Waals surface area contributed by atoms with Crippen molar-refractivity contribution in [3.63, 3.8) is 0 Å². The molecule has 0 aromatic heterocycles. The molecule has 0 unspecified atom stereocenters. The van der Waals surface area contributed by atoms with Crippen LogP contribution in [0.25, 0.3) is 0 Å². The summed E-state index contributed by atoms with van der Waals surface area (Å²) in [5.41, 5.74) is 0.784. The van der Waals surface area contributed by atoms with Gasteiger partial charge >= 0.3 is 0 Å². The number of carbonyl (C=O) groups is 1. The molecule has 0 atom stereocenters. The number of hydrogen-bond donors (Lipinski definition) is 0. The maximum atomic E-state index is 12.3. The zero-order chi connectivity index (χ0) is 15.6. The van der Waals surface area contributed by atoms with Gasteiger partial charge in [0.2, 0.25) is 0 Å². The second kappa shape index (κ2) is 9.27. The van der Waals surface area contributed by atoms with E-state index in [2.05, 4.69) is 23.7 Å². The van der Waals surface area contributed by atoms with Gasteiger partial charge in [0.05, 0.1) is 6.54 Å². The predicted octanol–water partition coefficient (Wildman–Crippen LogP) is 3.03. The summed E-state index contributed by atoms with van der Waals surface area (Å²) in [6.07, 6.45) is 4.75. The van der Waals surface area contributed by atoms with Crippen molar-refractivity contribution in [3.05, 3.63) is 35.9 Å². The highest BCUT2D eigenvalue weighted by Crippen LogP contribution is 2.08. The first-order valence-corrected chi connectivity index (χ1v) is 8.33. The van der Waals surface area contributed by atoms with Crippen molar-refractivity contribution < 1.29 is 4.79 Å². The Morgan fingerprint density at radius 3 is 2.45 bits per heavy atom. The summed E-state index contributed by atoms with van der Waals surface area (Å²) in [6, 6.07) is 9.54. The third-order valence-electron chi connectivity index (χ3n) is 4.01. The maximum absolute atomic E-state index is 12.3. The van der Waals surface area contributed by atoms with Crippen LogP contribution >= 0.6 is 0 Å². The Morgan fingerprint density at radius 1 is 1.05 bits per heavy atom. The van der Waals surface area contributed by atoms with Crippen LogP contribution in [0, 0.1) is 11.8 Å². The Labute approximate surface area is 134 Å². The summed E-state index contributed by atoms with van der Waals surface area (Å²) in [6.45, 7) is 6.48. The average molecular weight is 298 g/mol. The van der Waals surface area contributed by atoms with E-state index >= 15 is 0 Å². The number of rotatable bonds is 5. The van der Waals surface area contributed by atoms with E-state index in [0.29, 0.717) is 0 Å². The standard InChI is InChI=1S/C19H26N2O/c1-2-3-4-5-6-10-13-20-14-16-21(17-15-20)19(22)18-11-8-7-9-12-18/h7-9,11-12H,2-5,13-17H2,1H3. The molecule has 0 aliphatic carbocycles. The highest BCUT2D eigenvalue weighted by Gasteiger charge is 2.21. The molecule has 1 aliphatic heterocycles. The van der Waals surface area contributed by atoms with Crippen molar-refractivity contribution in [2.45, 2.75) is 32.6 Å². The minimum Gasteiger partial charge on any atom is -0.336 e. The van der Waals surface area contributed by atoms with Gasteiger partial charge < -0.3 is 4.90 Å². The summed E-state index contributed by atoms with van der Waals surface area (Å²) in [5.74, 6) is 6.66. The molecule has 1 heterocycles. The fraction of sp³-hybridized carbons (Fsp3) is 0.526. The lowest BCUT2D eigenvalue weighted by atomic mass is 10.2. The van der Waals surface area contributed by atoms with Gasteiger partial charge in [-0.25, -0.2) is 0 Å². The van der Waals surface area contributed by atoms with Gasteiger partial charge in [0.1, 0.15) is 0 Å². The topological polar surface area (TPSA) is 23.6 Å². The fourth-order valence-electron chi connectivity index (χ4n) is 2.59. The number of hydrogen-bond acceptors (Lipinski definition) is 2. The van der Waals surface area contributed by atoms with Gasteiger partial charge in [-0.3, -0.25) is 9.69 Å². The Balaban J connectivity index is 1.70. The zero-order valence-electron chi connectivity index (χ0n) is 13.6. The van der Waals surface area contributed by atoms with Gasteiger partial charge in [-0.15, -0.1) is 5.92 Å². The number of benzene rings is 1. The molecule has 0 bridgehead atoms. The molecule has 1 aromatic carbocycles. The van der Waals surface area contributed by atoms with E-state index in [-0.39, 0.29) is 5.91 Å². The maximum Gasteiger partial charge on any atom is 0.253 e. The molecule has 1 aromatic rings. The molecule has 0 saturated carbocycles. The Kier molecular flexibility index (Phi) is 6.99. The van der Waals surface area contributed by atoms with E-state index in [0.717, 1.165) is 44.7 Å². The van der Waals surface area contributed by atoms with Gasteiger partial charge in [-0.05, 0) is 18.6 Å². The third-order valence-corrected chi connectivity index (χ3v) is 4.01. The highest BCUT2D eigenvalue weighted by atomic mass is 16.2. The number of nitrogens with zero attached hydrogens (tertiary/aromatic N) is 2. The minimum absolute atomic E-state index is 0.144. The van der Waals surface area contributed by atoms with Gasteiger partial charge in [-0.1, -0.05) is 43.9 Å². The molecule has 1 amide bonds. The Hall–Kier alpha value is -1.79. The number of carbonyl (C=O) groups excluding carboxylic acids is 1. The van der Waals surface area contributed by atoms with Crippen LogP contribution in [-0.2, 0) is 0 Å². The predicted molar refractivity (Wildman–Crippen MR) is 90.7 cm³/mol. The average Bonchev–Trinajstić information content (AvgIpc) is 2.59. The number of piperazine rings is 1. The minimum atomic E-state index is 0.144. The zero-order valence-corrected chi connectivity index (χ0v) is 13.6. The molecule has 1 aliphatic rings. The summed E-state index contributed by atoms with van der Waals surface area (Å²) < 4.78 is 0. The summed E-state index contributed by atoms with van der Waals surface area (Å²) in [7, 11) is 0. The van der Waals surface area contributed by atoms with Crippen LogP contribution in [0.5, 0.6) is 0 Å². The summed E-state index contributed by atoms with van der Waals surface area (Å²) in [4.78, 5) is 16.6. The summed E-state index contributed by atoms with van der Waals surface area (Å²) in [5, 5.41) is 0. The van der Waals surface area contributed by atoms with E-state index in [1.807, 2.05) is 35.2 Å². The van der Waals surface area contributed by atoms with Crippen LogP contribution in [-0.4, -0.2) is 48.4 Å². The number of unbranched alkanes of at least 4 members (excludes halogenated alkanes) is 3. The monoisotopic (exact) mass is 298 g/mol. The molecular weight excluding hydrogens is 272 g/mol. The molecule has 118 valence electrons. The van der Waals surface area contributed by atoms with Crippen LogP contribution in [0.2, 0.25) is 0 Å². The fourth-order valence-corrected chi connectivity index (χ4v) is 2.59. The molecule has 3 heteroatoms. The van der Waals surface area contributed by atoms with Crippen molar-refractivity contribution in [2.24, 2.45) is 0 Å². The normalized spacial score (nSPS) is 15.2. The van der Waals surface area contributed by atoms with Gasteiger partial charge in [0.25, 0.3) is 5.91 Å². The first-order chi connectivity index (χ1) is 10.8. The second-order valence-electron chi connectivity index (χ2n) is 5.75. The molecule has 1 fully saturated rings. The van der Waals surface area contributed by atoms with Gasteiger partial charge in [0.15, 0.2) is 0 Å². The van der Waals surface area contributed by atoms with E-state index in [1.165, 1.54) is 19.3 Å². The van der Waals surface area contributed by atoms with Gasteiger partial charge in [0, 0.05) is 38.2 Å². The lowest BCUT2D eigenvalue weighted by molar-refractivity contribution is 0.0652. The van der Waals surface area contributed by atoms with Crippen LogP contribution in [0.15, 0.2) is 30.3 Å². The van der Waals surface area contributed by atoms with Crippen LogP contribution in [0.1, 0.15) is 43.0 Å². The van der Waals surface area contributed by atoms with Gasteiger partial charge in [-0.2, -0.15) is 0 Å². The summed E-state index contributed by atoms with van der Waals surface area (Å²) >= 11 is 0. The molecule has 22 heavy (non-hydrogen) atoms. The Bertz CT molecular complexity index is 507. The lowest BCUT2D eigenvalue weighted by Crippen LogP contribution is -2.48. The SMILES string of the molecule is CCCCCC#CCN1CCN(C(=O)c2ccccc2)CC1. The molecule has 1 saturated heterocycles. The first-order valence-electron chi connectivity index (χ1n) is 8.33. The van der Waals surface area contributed by atoms with E-state index in [9.17, 15) is 4.79 Å². The largest absolute Gasteiger partial charge is 0.336 e. The van der Waals surface area contributed by atoms with Crippen molar-refractivity contribution in [2.75, 3.05) is 32.7 Å². The van der Waals surface area contributed by atoms with Crippen LogP contribution < -0.4 is 0 Å².